The molecule has 0 aromatic heterocycles. The van der Waals surface area contributed by atoms with Crippen molar-refractivity contribution in [3.8, 4) is 0 Å². The minimum Gasteiger partial charge on any atom is -0.481 e. The minimum absolute atomic E-state index is 0.518. The summed E-state index contributed by atoms with van der Waals surface area (Å²) in [4.78, 5) is 13.9. The number of aliphatic carboxylic acids is 1. The van der Waals surface area contributed by atoms with Crippen molar-refractivity contribution in [2.45, 2.75) is 64.8 Å². The predicted octanol–water partition coefficient (Wildman–Crippen LogP) is 3.14. The number of carboxylic acid groups (broad SMARTS) is 1. The lowest BCUT2D eigenvalue weighted by Crippen LogP contribution is -2.49. The molecular formula is C15H27NO2. The molecule has 3 unspecified atom stereocenters. The Labute approximate surface area is 111 Å². The Morgan fingerprint density at radius 1 is 1.22 bits per heavy atom. The van der Waals surface area contributed by atoms with E-state index in [2.05, 4.69) is 11.8 Å². The van der Waals surface area contributed by atoms with E-state index in [1.165, 1.54) is 32.1 Å². The Morgan fingerprint density at radius 2 is 2.00 bits per heavy atom. The first-order valence-corrected chi connectivity index (χ1v) is 7.49. The topological polar surface area (TPSA) is 40.5 Å². The van der Waals surface area contributed by atoms with Crippen LogP contribution in [0.15, 0.2) is 0 Å². The van der Waals surface area contributed by atoms with Gasteiger partial charge in [-0.25, -0.2) is 0 Å². The second-order valence-corrected chi connectivity index (χ2v) is 6.71. The van der Waals surface area contributed by atoms with E-state index in [-0.39, 0.29) is 0 Å². The third kappa shape index (κ3) is 3.05. The zero-order chi connectivity index (χ0) is 13.2. The third-order valence-corrected chi connectivity index (χ3v) is 4.99. The zero-order valence-corrected chi connectivity index (χ0v) is 11.8. The molecule has 18 heavy (non-hydrogen) atoms. The molecule has 2 aliphatic rings. The van der Waals surface area contributed by atoms with Crippen LogP contribution in [-0.4, -0.2) is 35.1 Å². The summed E-state index contributed by atoms with van der Waals surface area (Å²) in [5.41, 5.74) is -0.518. The lowest BCUT2D eigenvalue weighted by atomic mass is 9.81. The summed E-state index contributed by atoms with van der Waals surface area (Å²) in [6, 6.07) is 0.633. The van der Waals surface area contributed by atoms with Crippen LogP contribution in [0.4, 0.5) is 0 Å². The lowest BCUT2D eigenvalue weighted by molar-refractivity contribution is -0.151. The normalized spacial score (nSPS) is 39.2. The monoisotopic (exact) mass is 253 g/mol. The summed E-state index contributed by atoms with van der Waals surface area (Å²) in [7, 11) is 0. The highest BCUT2D eigenvalue weighted by Gasteiger charge is 2.39. The van der Waals surface area contributed by atoms with Crippen molar-refractivity contribution in [2.75, 3.05) is 13.1 Å². The third-order valence-electron chi connectivity index (χ3n) is 4.99. The lowest BCUT2D eigenvalue weighted by Gasteiger charge is -2.41. The van der Waals surface area contributed by atoms with Crippen LogP contribution in [0.3, 0.4) is 0 Å². The fourth-order valence-corrected chi connectivity index (χ4v) is 3.60. The molecule has 2 rings (SSSR count). The molecule has 2 fully saturated rings. The average molecular weight is 253 g/mol. The zero-order valence-electron chi connectivity index (χ0n) is 11.8. The van der Waals surface area contributed by atoms with Gasteiger partial charge in [0.15, 0.2) is 0 Å². The van der Waals surface area contributed by atoms with Gasteiger partial charge in [-0.3, -0.25) is 9.69 Å². The molecule has 3 heteroatoms. The van der Waals surface area contributed by atoms with Crippen molar-refractivity contribution in [1.29, 1.82) is 0 Å². The highest BCUT2D eigenvalue weighted by atomic mass is 16.4. The Kier molecular flexibility index (Phi) is 4.31. The first kappa shape index (κ1) is 13.9. The average Bonchev–Trinajstić information content (AvgIpc) is 2.54. The molecule has 104 valence electrons. The van der Waals surface area contributed by atoms with E-state index in [0.29, 0.717) is 6.04 Å². The summed E-state index contributed by atoms with van der Waals surface area (Å²) >= 11 is 0. The molecule has 0 amide bonds. The number of hydrogen-bond donors (Lipinski definition) is 1. The number of rotatable bonds is 2. The molecule has 1 saturated heterocycles. The van der Waals surface area contributed by atoms with Crippen LogP contribution in [0.25, 0.3) is 0 Å². The second-order valence-electron chi connectivity index (χ2n) is 6.71. The summed E-state index contributed by atoms with van der Waals surface area (Å²) < 4.78 is 0. The standard InChI is InChI=1S/C15H27NO2/c1-12-5-3-6-13(8-7-12)16-10-4-9-15(2,11-16)14(17)18/h12-13H,3-11H2,1-2H3,(H,17,18). The van der Waals surface area contributed by atoms with Crippen LogP contribution < -0.4 is 0 Å². The second kappa shape index (κ2) is 5.60. The van der Waals surface area contributed by atoms with E-state index < -0.39 is 11.4 Å². The Morgan fingerprint density at radius 3 is 2.72 bits per heavy atom. The van der Waals surface area contributed by atoms with Gasteiger partial charge in [0.05, 0.1) is 5.41 Å². The molecule has 0 aromatic carbocycles. The van der Waals surface area contributed by atoms with Gasteiger partial charge >= 0.3 is 5.97 Å². The molecule has 0 bridgehead atoms. The maximum atomic E-state index is 11.4. The van der Waals surface area contributed by atoms with Gasteiger partial charge in [0.1, 0.15) is 0 Å². The van der Waals surface area contributed by atoms with Gasteiger partial charge in [0.2, 0.25) is 0 Å². The quantitative estimate of drug-likeness (QED) is 0.769. The molecule has 1 aliphatic carbocycles. The van der Waals surface area contributed by atoms with Gasteiger partial charge in [-0.15, -0.1) is 0 Å². The largest absolute Gasteiger partial charge is 0.481 e. The maximum absolute atomic E-state index is 11.4. The summed E-state index contributed by atoms with van der Waals surface area (Å²) in [5, 5.41) is 9.38. The van der Waals surface area contributed by atoms with Gasteiger partial charge in [0, 0.05) is 12.6 Å². The molecule has 0 spiro atoms. The number of likely N-dealkylation sites (tertiary alicyclic amines) is 1. The van der Waals surface area contributed by atoms with Crippen LogP contribution in [0.2, 0.25) is 0 Å². The first-order chi connectivity index (χ1) is 8.51. The van der Waals surface area contributed by atoms with Gasteiger partial charge < -0.3 is 5.11 Å². The number of piperidine rings is 1. The maximum Gasteiger partial charge on any atom is 0.310 e. The smallest absolute Gasteiger partial charge is 0.310 e. The van der Waals surface area contributed by atoms with Crippen LogP contribution in [0.1, 0.15) is 58.8 Å². The number of carboxylic acids is 1. The fourth-order valence-electron chi connectivity index (χ4n) is 3.60. The van der Waals surface area contributed by atoms with Crippen LogP contribution in [0.5, 0.6) is 0 Å². The molecule has 1 aliphatic heterocycles. The van der Waals surface area contributed by atoms with Crippen molar-refractivity contribution in [3.05, 3.63) is 0 Å². The van der Waals surface area contributed by atoms with E-state index in [4.69, 9.17) is 0 Å². The number of nitrogens with zero attached hydrogens (tertiary/aromatic N) is 1. The van der Waals surface area contributed by atoms with Crippen molar-refractivity contribution in [2.24, 2.45) is 11.3 Å². The van der Waals surface area contributed by atoms with Gasteiger partial charge in [-0.2, -0.15) is 0 Å². The Bertz CT molecular complexity index is 305. The SMILES string of the molecule is CC1CCCC(N2CCCC(C)(C(=O)O)C2)CC1. The molecule has 1 N–H and O–H groups in total. The highest BCUT2D eigenvalue weighted by molar-refractivity contribution is 5.74. The summed E-state index contributed by atoms with van der Waals surface area (Å²) in [6.45, 7) is 6.12. The van der Waals surface area contributed by atoms with Crippen LogP contribution >= 0.6 is 0 Å². The number of carbonyl (C=O) groups is 1. The van der Waals surface area contributed by atoms with Gasteiger partial charge in [-0.05, 0) is 51.5 Å². The van der Waals surface area contributed by atoms with Crippen molar-refractivity contribution in [1.82, 2.24) is 4.90 Å². The van der Waals surface area contributed by atoms with Crippen molar-refractivity contribution in [3.63, 3.8) is 0 Å². The van der Waals surface area contributed by atoms with Crippen LogP contribution in [-0.2, 0) is 4.79 Å². The van der Waals surface area contributed by atoms with Crippen molar-refractivity contribution < 1.29 is 9.90 Å². The highest BCUT2D eigenvalue weighted by Crippen LogP contribution is 2.34. The van der Waals surface area contributed by atoms with Crippen LogP contribution in [0, 0.1) is 11.3 Å². The fraction of sp³-hybridized carbons (Fsp3) is 0.933. The van der Waals surface area contributed by atoms with Gasteiger partial charge in [-0.1, -0.05) is 19.8 Å². The van der Waals surface area contributed by atoms with E-state index >= 15 is 0 Å². The predicted molar refractivity (Wildman–Crippen MR) is 72.6 cm³/mol. The molecular weight excluding hydrogens is 226 g/mol. The molecule has 0 radical (unpaired) electrons. The summed E-state index contributed by atoms with van der Waals surface area (Å²) in [6.07, 6.45) is 8.37. The van der Waals surface area contributed by atoms with Gasteiger partial charge in [0.25, 0.3) is 0 Å². The Hall–Kier alpha value is -0.570. The van der Waals surface area contributed by atoms with Crippen molar-refractivity contribution >= 4 is 5.97 Å². The molecule has 0 aromatic rings. The number of hydrogen-bond acceptors (Lipinski definition) is 2. The van der Waals surface area contributed by atoms with E-state index in [1.54, 1.807) is 0 Å². The van der Waals surface area contributed by atoms with E-state index in [9.17, 15) is 9.90 Å². The molecule has 1 saturated carbocycles. The minimum atomic E-state index is -0.616. The summed E-state index contributed by atoms with van der Waals surface area (Å²) in [5.74, 6) is 0.236. The molecule has 1 heterocycles. The van der Waals surface area contributed by atoms with E-state index in [0.717, 1.165) is 31.8 Å². The Balaban J connectivity index is 1.98. The molecule has 3 nitrogen and oxygen atoms in total. The van der Waals surface area contributed by atoms with E-state index in [1.807, 2.05) is 6.92 Å². The first-order valence-electron chi connectivity index (χ1n) is 7.49. The molecule has 3 atom stereocenters.